The molecule has 0 radical (unpaired) electrons. The molecule has 94 valence electrons. The van der Waals surface area contributed by atoms with E-state index in [1.807, 2.05) is 0 Å². The summed E-state index contributed by atoms with van der Waals surface area (Å²) in [6.07, 6.45) is 4.36. The maximum absolute atomic E-state index is 8.36. The second-order valence-corrected chi connectivity index (χ2v) is 4.90. The standard InChI is InChI=1S/C13H26N2O/c1-5-15(6-2)12(14)13(16-4)9-7-11(3)8-10-13/h11,14H,5-10H2,1-4H3. The monoisotopic (exact) mass is 226 g/mol. The van der Waals surface area contributed by atoms with Gasteiger partial charge in [-0.2, -0.15) is 0 Å². The average Bonchev–Trinajstić information content (AvgIpc) is 2.32. The van der Waals surface area contributed by atoms with Crippen molar-refractivity contribution in [3.63, 3.8) is 0 Å². The van der Waals surface area contributed by atoms with E-state index in [4.69, 9.17) is 10.1 Å². The van der Waals surface area contributed by atoms with Gasteiger partial charge in [-0.1, -0.05) is 6.92 Å². The van der Waals surface area contributed by atoms with E-state index < -0.39 is 0 Å². The molecule has 0 heterocycles. The molecular formula is C13H26N2O. The third kappa shape index (κ3) is 2.57. The van der Waals surface area contributed by atoms with Crippen LogP contribution in [-0.4, -0.2) is 36.5 Å². The van der Waals surface area contributed by atoms with E-state index in [9.17, 15) is 0 Å². The van der Waals surface area contributed by atoms with E-state index in [2.05, 4.69) is 25.7 Å². The third-order valence-electron chi connectivity index (χ3n) is 3.98. The Kier molecular flexibility index (Phi) is 4.78. The van der Waals surface area contributed by atoms with Gasteiger partial charge in [-0.15, -0.1) is 0 Å². The molecule has 1 fully saturated rings. The van der Waals surface area contributed by atoms with Gasteiger partial charge in [0, 0.05) is 20.2 Å². The van der Waals surface area contributed by atoms with Gasteiger partial charge in [0.2, 0.25) is 0 Å². The number of hydrogen-bond donors (Lipinski definition) is 1. The average molecular weight is 226 g/mol. The predicted octanol–water partition coefficient (Wildman–Crippen LogP) is 2.90. The lowest BCUT2D eigenvalue weighted by Crippen LogP contribution is -2.51. The Labute approximate surface area is 99.7 Å². The van der Waals surface area contributed by atoms with Crippen LogP contribution in [0.3, 0.4) is 0 Å². The summed E-state index contributed by atoms with van der Waals surface area (Å²) in [6, 6.07) is 0. The fourth-order valence-corrected chi connectivity index (χ4v) is 2.59. The summed E-state index contributed by atoms with van der Waals surface area (Å²) in [5.41, 5.74) is -0.307. The van der Waals surface area contributed by atoms with Crippen molar-refractivity contribution in [2.24, 2.45) is 5.92 Å². The van der Waals surface area contributed by atoms with Gasteiger partial charge in [-0.25, -0.2) is 0 Å². The van der Waals surface area contributed by atoms with Crippen molar-refractivity contribution in [3.05, 3.63) is 0 Å². The summed E-state index contributed by atoms with van der Waals surface area (Å²) in [5, 5.41) is 8.36. The SMILES string of the molecule is CCN(CC)C(=N)C1(OC)CCC(C)CC1. The van der Waals surface area contributed by atoms with Crippen molar-refractivity contribution in [3.8, 4) is 0 Å². The van der Waals surface area contributed by atoms with Gasteiger partial charge in [0.25, 0.3) is 0 Å². The second-order valence-electron chi connectivity index (χ2n) is 4.90. The predicted molar refractivity (Wildman–Crippen MR) is 68.0 cm³/mol. The van der Waals surface area contributed by atoms with Gasteiger partial charge < -0.3 is 9.64 Å². The number of ether oxygens (including phenoxy) is 1. The molecule has 3 nitrogen and oxygen atoms in total. The zero-order chi connectivity index (χ0) is 12.2. The highest BCUT2D eigenvalue weighted by Crippen LogP contribution is 2.35. The van der Waals surface area contributed by atoms with Crippen molar-refractivity contribution in [2.75, 3.05) is 20.2 Å². The van der Waals surface area contributed by atoms with Crippen LogP contribution >= 0.6 is 0 Å². The first kappa shape index (κ1) is 13.5. The van der Waals surface area contributed by atoms with E-state index in [1.165, 1.54) is 12.8 Å². The van der Waals surface area contributed by atoms with E-state index in [0.717, 1.165) is 31.8 Å². The smallest absolute Gasteiger partial charge is 0.129 e. The minimum atomic E-state index is -0.307. The molecule has 16 heavy (non-hydrogen) atoms. The zero-order valence-electron chi connectivity index (χ0n) is 11.2. The van der Waals surface area contributed by atoms with Crippen molar-refractivity contribution >= 4 is 5.84 Å². The van der Waals surface area contributed by atoms with E-state index >= 15 is 0 Å². The van der Waals surface area contributed by atoms with Crippen LogP contribution in [0.1, 0.15) is 46.5 Å². The Bertz CT molecular complexity index is 228. The van der Waals surface area contributed by atoms with Crippen molar-refractivity contribution in [1.82, 2.24) is 4.90 Å². The van der Waals surface area contributed by atoms with Gasteiger partial charge >= 0.3 is 0 Å². The molecule has 0 bridgehead atoms. The van der Waals surface area contributed by atoms with Crippen molar-refractivity contribution < 1.29 is 4.74 Å². The quantitative estimate of drug-likeness (QED) is 0.591. The molecule has 1 rings (SSSR count). The maximum Gasteiger partial charge on any atom is 0.129 e. The highest BCUT2D eigenvalue weighted by molar-refractivity contribution is 5.88. The number of nitrogens with zero attached hydrogens (tertiary/aromatic N) is 1. The Hall–Kier alpha value is -0.570. The summed E-state index contributed by atoms with van der Waals surface area (Å²) in [6.45, 7) is 8.30. The van der Waals surface area contributed by atoms with Gasteiger partial charge in [0.15, 0.2) is 0 Å². The van der Waals surface area contributed by atoms with Crippen LogP contribution in [-0.2, 0) is 4.74 Å². The van der Waals surface area contributed by atoms with E-state index in [0.29, 0.717) is 5.84 Å². The van der Waals surface area contributed by atoms with Crippen molar-refractivity contribution in [2.45, 2.75) is 52.1 Å². The Morgan fingerprint density at radius 1 is 1.31 bits per heavy atom. The fourth-order valence-electron chi connectivity index (χ4n) is 2.59. The Morgan fingerprint density at radius 2 is 1.81 bits per heavy atom. The van der Waals surface area contributed by atoms with Crippen LogP contribution in [0.25, 0.3) is 0 Å². The molecule has 1 saturated carbocycles. The van der Waals surface area contributed by atoms with Crippen LogP contribution in [0.4, 0.5) is 0 Å². The number of hydrogen-bond acceptors (Lipinski definition) is 2. The molecule has 0 aliphatic heterocycles. The third-order valence-corrected chi connectivity index (χ3v) is 3.98. The first-order valence-electron chi connectivity index (χ1n) is 6.48. The fraction of sp³-hybridized carbons (Fsp3) is 0.923. The summed E-state index contributed by atoms with van der Waals surface area (Å²) in [7, 11) is 1.76. The topological polar surface area (TPSA) is 36.3 Å². The minimum absolute atomic E-state index is 0.307. The highest BCUT2D eigenvalue weighted by Gasteiger charge is 2.40. The van der Waals surface area contributed by atoms with Crippen LogP contribution in [0.15, 0.2) is 0 Å². The summed E-state index contributed by atoms with van der Waals surface area (Å²) < 4.78 is 5.71. The first-order chi connectivity index (χ1) is 7.59. The number of amidine groups is 1. The summed E-state index contributed by atoms with van der Waals surface area (Å²) in [5.74, 6) is 1.47. The van der Waals surface area contributed by atoms with Gasteiger partial charge in [0.1, 0.15) is 11.4 Å². The largest absolute Gasteiger partial charge is 0.370 e. The second kappa shape index (κ2) is 5.67. The number of rotatable bonds is 4. The molecule has 0 aromatic heterocycles. The molecule has 0 saturated heterocycles. The van der Waals surface area contributed by atoms with Crippen LogP contribution < -0.4 is 0 Å². The lowest BCUT2D eigenvalue weighted by Gasteiger charge is -2.42. The van der Waals surface area contributed by atoms with Crippen LogP contribution in [0.5, 0.6) is 0 Å². The number of methoxy groups -OCH3 is 1. The lowest BCUT2D eigenvalue weighted by atomic mass is 9.78. The number of nitrogens with one attached hydrogen (secondary N) is 1. The van der Waals surface area contributed by atoms with Gasteiger partial charge in [-0.05, 0) is 45.4 Å². The highest BCUT2D eigenvalue weighted by atomic mass is 16.5. The molecule has 1 N–H and O–H groups in total. The van der Waals surface area contributed by atoms with Gasteiger partial charge in [0.05, 0.1) is 0 Å². The number of likely N-dealkylation sites (N-methyl/N-ethyl adjacent to an activating group) is 1. The lowest BCUT2D eigenvalue weighted by molar-refractivity contribution is -0.000815. The molecular weight excluding hydrogens is 200 g/mol. The van der Waals surface area contributed by atoms with E-state index in [-0.39, 0.29) is 5.60 Å². The molecule has 0 aromatic rings. The first-order valence-corrected chi connectivity index (χ1v) is 6.48. The molecule has 1 aliphatic rings. The zero-order valence-corrected chi connectivity index (χ0v) is 11.2. The molecule has 0 amide bonds. The molecule has 1 aliphatic carbocycles. The van der Waals surface area contributed by atoms with Crippen LogP contribution in [0, 0.1) is 11.3 Å². The molecule has 0 unspecified atom stereocenters. The van der Waals surface area contributed by atoms with Crippen molar-refractivity contribution in [1.29, 1.82) is 5.41 Å². The summed E-state index contributed by atoms with van der Waals surface area (Å²) in [4.78, 5) is 2.11. The van der Waals surface area contributed by atoms with Crippen LogP contribution in [0.2, 0.25) is 0 Å². The van der Waals surface area contributed by atoms with Gasteiger partial charge in [-0.3, -0.25) is 5.41 Å². The molecule has 3 heteroatoms. The Morgan fingerprint density at radius 3 is 2.19 bits per heavy atom. The molecule has 0 spiro atoms. The molecule has 0 atom stereocenters. The minimum Gasteiger partial charge on any atom is -0.370 e. The van der Waals surface area contributed by atoms with E-state index in [1.54, 1.807) is 7.11 Å². The Balaban J connectivity index is 2.75. The summed E-state index contributed by atoms with van der Waals surface area (Å²) >= 11 is 0. The molecule has 0 aromatic carbocycles. The maximum atomic E-state index is 8.36. The normalized spacial score (nSPS) is 30.1.